The van der Waals surface area contributed by atoms with Gasteiger partial charge in [-0.3, -0.25) is 4.90 Å². The van der Waals surface area contributed by atoms with E-state index in [1.165, 1.54) is 46.9 Å². The van der Waals surface area contributed by atoms with Crippen molar-refractivity contribution in [1.29, 1.82) is 0 Å². The Morgan fingerprint density at radius 2 is 1.84 bits per heavy atom. The second-order valence-electron chi connectivity index (χ2n) is 9.33. The molecule has 32 heavy (non-hydrogen) atoms. The molecule has 0 bridgehead atoms. The predicted octanol–water partition coefficient (Wildman–Crippen LogP) is 4.71. The lowest BCUT2D eigenvalue weighted by atomic mass is 9.87. The molecular weight excluding hydrogens is 402 g/mol. The van der Waals surface area contributed by atoms with Gasteiger partial charge in [-0.15, -0.1) is 0 Å². The third kappa shape index (κ3) is 3.87. The minimum atomic E-state index is 0.391. The summed E-state index contributed by atoms with van der Waals surface area (Å²) in [5, 5.41) is 1.34. The van der Waals surface area contributed by atoms with Gasteiger partial charge in [0.05, 0.1) is 0 Å². The molecule has 6 rings (SSSR count). The summed E-state index contributed by atoms with van der Waals surface area (Å²) in [5.74, 6) is 2.39. The van der Waals surface area contributed by atoms with E-state index in [1.807, 2.05) is 0 Å². The van der Waals surface area contributed by atoms with Gasteiger partial charge in [0.1, 0.15) is 0 Å². The fourth-order valence-corrected chi connectivity index (χ4v) is 5.65. The third-order valence-electron chi connectivity index (χ3n) is 7.50. The van der Waals surface area contributed by atoms with Crippen molar-refractivity contribution in [2.45, 2.75) is 44.6 Å². The van der Waals surface area contributed by atoms with Crippen molar-refractivity contribution in [3.63, 3.8) is 0 Å². The summed E-state index contributed by atoms with van der Waals surface area (Å²) in [4.78, 5) is 17.1. The van der Waals surface area contributed by atoms with Gasteiger partial charge in [0.15, 0.2) is 11.5 Å². The van der Waals surface area contributed by atoms with Crippen LogP contribution in [0.1, 0.15) is 48.4 Å². The molecule has 6 nitrogen and oxygen atoms in total. The van der Waals surface area contributed by atoms with Crippen LogP contribution in [-0.4, -0.2) is 36.2 Å². The maximum Gasteiger partial charge on any atom is 0.196 e. The number of rotatable bonds is 6. The van der Waals surface area contributed by atoms with E-state index in [0.29, 0.717) is 6.04 Å². The zero-order valence-electron chi connectivity index (χ0n) is 18.4. The minimum absolute atomic E-state index is 0.391. The number of aryl methyl sites for hydroxylation is 1. The molecule has 1 fully saturated rings. The summed E-state index contributed by atoms with van der Waals surface area (Å²) in [6.07, 6.45) is 9.05. The van der Waals surface area contributed by atoms with E-state index in [4.69, 9.17) is 14.4 Å². The quantitative estimate of drug-likeness (QED) is 0.590. The number of ether oxygens (including phenoxy) is 1. The zero-order valence-corrected chi connectivity index (χ0v) is 18.4. The lowest BCUT2D eigenvalue weighted by Crippen LogP contribution is -2.37. The van der Waals surface area contributed by atoms with Crippen LogP contribution in [0.25, 0.3) is 10.9 Å². The Balaban J connectivity index is 1.25. The number of H-pyrrole nitrogens is 1. The number of fused-ring (bicyclic) bond motifs is 3. The first-order chi connectivity index (χ1) is 15.8. The van der Waals surface area contributed by atoms with Crippen molar-refractivity contribution in [2.24, 2.45) is 5.92 Å². The monoisotopic (exact) mass is 433 g/mol. The van der Waals surface area contributed by atoms with E-state index in [1.54, 1.807) is 0 Å². The van der Waals surface area contributed by atoms with Crippen LogP contribution in [-0.2, 0) is 17.6 Å². The standard InChI is InChI=1S/C26H31N3O3/c1-2-4-23-21(3-1)20(17-27-23)5-6-24-22-16-26-25(31-28-32-26)15-19(22)8-12-29(24)11-7-18-9-13-30-14-10-18/h1-4,15-18,24,27-28H,5-14H2. The molecule has 1 unspecified atom stereocenters. The fraction of sp³-hybridized carbons (Fsp3) is 0.462. The summed E-state index contributed by atoms with van der Waals surface area (Å²) in [5.41, 5.74) is 7.96. The van der Waals surface area contributed by atoms with Gasteiger partial charge in [-0.1, -0.05) is 18.2 Å². The zero-order chi connectivity index (χ0) is 21.3. The Morgan fingerprint density at radius 3 is 2.75 bits per heavy atom. The van der Waals surface area contributed by atoms with Crippen LogP contribution in [0.2, 0.25) is 0 Å². The molecule has 0 aliphatic carbocycles. The topological polar surface area (TPSA) is 58.8 Å². The van der Waals surface area contributed by atoms with Crippen molar-refractivity contribution in [1.82, 2.24) is 15.5 Å². The maximum atomic E-state index is 5.57. The molecule has 1 atom stereocenters. The number of nitrogens with zero attached hydrogens (tertiary/aromatic N) is 1. The largest absolute Gasteiger partial charge is 0.381 e. The molecule has 6 heteroatoms. The second-order valence-corrected chi connectivity index (χ2v) is 9.33. The highest BCUT2D eigenvalue weighted by Gasteiger charge is 2.31. The highest BCUT2D eigenvalue weighted by molar-refractivity contribution is 5.83. The number of aromatic nitrogens is 1. The average molecular weight is 434 g/mol. The Hall–Kier alpha value is -2.54. The van der Waals surface area contributed by atoms with Crippen LogP contribution in [0.4, 0.5) is 0 Å². The van der Waals surface area contributed by atoms with Gasteiger partial charge < -0.3 is 19.4 Å². The van der Waals surface area contributed by atoms with Gasteiger partial charge in [-0.2, -0.15) is 0 Å². The lowest BCUT2D eigenvalue weighted by Gasteiger charge is -2.38. The first kappa shape index (κ1) is 20.1. The summed E-state index contributed by atoms with van der Waals surface area (Å²) < 4.78 is 5.57. The third-order valence-corrected chi connectivity index (χ3v) is 7.50. The molecule has 1 aromatic heterocycles. The van der Waals surface area contributed by atoms with Crippen molar-refractivity contribution in [2.75, 3.05) is 26.3 Å². The van der Waals surface area contributed by atoms with E-state index in [9.17, 15) is 0 Å². The summed E-state index contributed by atoms with van der Waals surface area (Å²) >= 11 is 0. The van der Waals surface area contributed by atoms with Crippen LogP contribution in [0.5, 0.6) is 11.5 Å². The summed E-state index contributed by atoms with van der Waals surface area (Å²) in [7, 11) is 0. The molecule has 0 radical (unpaired) electrons. The molecule has 0 spiro atoms. The smallest absolute Gasteiger partial charge is 0.196 e. The summed E-state index contributed by atoms with van der Waals surface area (Å²) in [6.45, 7) is 4.10. The molecule has 2 N–H and O–H groups in total. The normalized spacial score (nSPS) is 21.2. The number of nitrogens with one attached hydrogen (secondary N) is 2. The molecule has 2 aromatic carbocycles. The number of aromatic amines is 1. The van der Waals surface area contributed by atoms with Crippen LogP contribution < -0.4 is 15.3 Å². The minimum Gasteiger partial charge on any atom is -0.381 e. The van der Waals surface area contributed by atoms with Gasteiger partial charge in [0, 0.05) is 48.5 Å². The van der Waals surface area contributed by atoms with Gasteiger partial charge >= 0.3 is 0 Å². The van der Waals surface area contributed by atoms with E-state index in [-0.39, 0.29) is 0 Å². The van der Waals surface area contributed by atoms with Gasteiger partial charge in [0.2, 0.25) is 0 Å². The first-order valence-corrected chi connectivity index (χ1v) is 12.0. The maximum absolute atomic E-state index is 5.57. The highest BCUT2D eigenvalue weighted by atomic mass is 16.9. The SMILES string of the molecule is c1ccc2c(CCC3c4cc5c(cc4CCN3CCC3CCOCC3)ONO5)c[nH]c2c1. The first-order valence-electron chi connectivity index (χ1n) is 12.0. The van der Waals surface area contributed by atoms with Crippen molar-refractivity contribution >= 4 is 10.9 Å². The Labute approximate surface area is 188 Å². The van der Waals surface area contributed by atoms with Gasteiger partial charge in [-0.25, -0.2) is 0 Å². The average Bonchev–Trinajstić information content (AvgIpc) is 3.47. The lowest BCUT2D eigenvalue weighted by molar-refractivity contribution is 0.0259. The number of benzene rings is 2. The van der Waals surface area contributed by atoms with E-state index in [2.05, 4.69) is 58.1 Å². The molecule has 3 aromatic rings. The number of hydrogen-bond donors (Lipinski definition) is 2. The Bertz CT molecular complexity index is 1090. The van der Waals surface area contributed by atoms with Crippen molar-refractivity contribution in [3.05, 3.63) is 59.3 Å². The van der Waals surface area contributed by atoms with Gasteiger partial charge in [-0.05, 0) is 85.9 Å². The molecule has 0 amide bonds. The van der Waals surface area contributed by atoms with Crippen LogP contribution >= 0.6 is 0 Å². The molecule has 3 aliphatic rings. The van der Waals surface area contributed by atoms with E-state index in [0.717, 1.165) is 63.0 Å². The van der Waals surface area contributed by atoms with E-state index >= 15 is 0 Å². The molecule has 0 saturated carbocycles. The van der Waals surface area contributed by atoms with Crippen molar-refractivity contribution < 1.29 is 14.4 Å². The Kier molecular flexibility index (Phi) is 5.51. The van der Waals surface area contributed by atoms with Crippen LogP contribution in [0.3, 0.4) is 0 Å². The molecular formula is C26H31N3O3. The van der Waals surface area contributed by atoms with E-state index < -0.39 is 0 Å². The fourth-order valence-electron chi connectivity index (χ4n) is 5.65. The number of para-hydroxylation sites is 1. The second kappa shape index (κ2) is 8.77. The molecule has 4 heterocycles. The Morgan fingerprint density at radius 1 is 1.00 bits per heavy atom. The van der Waals surface area contributed by atoms with Gasteiger partial charge in [0.25, 0.3) is 0 Å². The molecule has 168 valence electrons. The highest BCUT2D eigenvalue weighted by Crippen LogP contribution is 2.41. The number of hydrogen-bond acceptors (Lipinski definition) is 5. The summed E-state index contributed by atoms with van der Waals surface area (Å²) in [6, 6.07) is 13.4. The molecule has 3 aliphatic heterocycles. The van der Waals surface area contributed by atoms with Crippen LogP contribution in [0.15, 0.2) is 42.6 Å². The molecule has 1 saturated heterocycles. The predicted molar refractivity (Wildman–Crippen MR) is 124 cm³/mol. The van der Waals surface area contributed by atoms with Crippen molar-refractivity contribution in [3.8, 4) is 11.5 Å². The van der Waals surface area contributed by atoms with Crippen LogP contribution in [0, 0.1) is 5.92 Å².